The van der Waals surface area contributed by atoms with Crippen molar-refractivity contribution in [3.05, 3.63) is 72.3 Å². The minimum Gasteiger partial charge on any atom is -0.481 e. The Bertz CT molecular complexity index is 953. The second-order valence-corrected chi connectivity index (χ2v) is 9.85. The third kappa shape index (κ3) is 7.50. The summed E-state index contributed by atoms with van der Waals surface area (Å²) in [6, 6.07) is 18.9. The molecule has 4 rings (SSSR count). The molecule has 4 atom stereocenters. The van der Waals surface area contributed by atoms with E-state index in [0.29, 0.717) is 26.1 Å². The number of allylic oxidation sites excluding steroid dienone is 2. The van der Waals surface area contributed by atoms with Gasteiger partial charge in [0.1, 0.15) is 0 Å². The molecular weight excluding hydrogens is 454 g/mol. The van der Waals surface area contributed by atoms with Crippen LogP contribution in [0.25, 0.3) is 11.1 Å². The fraction of sp³-hybridized carbons (Fsp3) is 0.500. The van der Waals surface area contributed by atoms with E-state index in [9.17, 15) is 9.90 Å². The normalized spacial score (nSPS) is 25.2. The summed E-state index contributed by atoms with van der Waals surface area (Å²) in [5.74, 6) is -0.557. The molecule has 0 radical (unpaired) electrons. The first-order valence-corrected chi connectivity index (χ1v) is 13.2. The predicted octanol–water partition coefficient (Wildman–Crippen LogP) is 4.91. The van der Waals surface area contributed by atoms with Crippen LogP contribution in [0.4, 0.5) is 0 Å². The van der Waals surface area contributed by atoms with Gasteiger partial charge in [0.05, 0.1) is 25.4 Å². The van der Waals surface area contributed by atoms with Crippen molar-refractivity contribution in [3.8, 4) is 11.1 Å². The van der Waals surface area contributed by atoms with Gasteiger partial charge in [-0.25, -0.2) is 0 Å². The summed E-state index contributed by atoms with van der Waals surface area (Å²) in [7, 11) is 0. The zero-order valence-corrected chi connectivity index (χ0v) is 21.0. The lowest BCUT2D eigenvalue weighted by Crippen LogP contribution is -2.46. The molecule has 6 nitrogen and oxygen atoms in total. The van der Waals surface area contributed by atoms with Crippen LogP contribution in [0, 0.1) is 5.92 Å². The smallest absolute Gasteiger partial charge is 0.303 e. The van der Waals surface area contributed by atoms with Crippen LogP contribution in [0.2, 0.25) is 0 Å². The molecule has 2 aliphatic rings. The molecule has 36 heavy (non-hydrogen) atoms. The molecule has 0 unspecified atom stereocenters. The van der Waals surface area contributed by atoms with E-state index < -0.39 is 12.1 Å². The first kappa shape index (κ1) is 26.6. The van der Waals surface area contributed by atoms with Crippen molar-refractivity contribution < 1.29 is 24.5 Å². The van der Waals surface area contributed by atoms with E-state index in [1.165, 1.54) is 11.1 Å². The average Bonchev–Trinajstić information content (AvgIpc) is 3.03. The number of carboxylic acids is 1. The highest BCUT2D eigenvalue weighted by Gasteiger charge is 2.45. The highest BCUT2D eigenvalue weighted by molar-refractivity contribution is 5.66. The van der Waals surface area contributed by atoms with Gasteiger partial charge in [-0.2, -0.15) is 0 Å². The number of aliphatic carboxylic acids is 1. The number of nitrogens with zero attached hydrogens (tertiary/aromatic N) is 1. The van der Waals surface area contributed by atoms with Crippen LogP contribution in [0.1, 0.15) is 44.1 Å². The standard InChI is InChI=1S/C30H39NO5/c32-27-21-28(36-22-23-13-15-25(16-14-23)24-9-4-3-5-10-24)26(11-6-1-2-7-12-29(33)34)30(27)31-17-8-19-35-20-18-31/h1-5,9-10,13-16,26-28,30,32H,6-8,11-12,17-22H2,(H,33,34)/t26-,27+,28-,30+/m0/s1. The third-order valence-electron chi connectivity index (χ3n) is 7.35. The number of aliphatic hydroxyl groups is 1. The maximum Gasteiger partial charge on any atom is 0.303 e. The number of hydrogen-bond acceptors (Lipinski definition) is 5. The second-order valence-electron chi connectivity index (χ2n) is 9.85. The maximum atomic E-state index is 11.1. The summed E-state index contributed by atoms with van der Waals surface area (Å²) in [5, 5.41) is 19.9. The fourth-order valence-corrected chi connectivity index (χ4v) is 5.54. The molecule has 1 aliphatic carbocycles. The van der Waals surface area contributed by atoms with Crippen LogP contribution in [-0.4, -0.2) is 65.6 Å². The molecular formula is C30H39NO5. The van der Waals surface area contributed by atoms with E-state index in [1.807, 2.05) is 24.3 Å². The largest absolute Gasteiger partial charge is 0.481 e. The maximum absolute atomic E-state index is 11.1. The Labute approximate surface area is 214 Å². The fourth-order valence-electron chi connectivity index (χ4n) is 5.54. The first-order valence-electron chi connectivity index (χ1n) is 13.2. The number of benzene rings is 2. The Balaban J connectivity index is 1.39. The minimum absolute atomic E-state index is 0.0182. The SMILES string of the molecule is O=C(O)CCC=CCC[C@@H]1[C@@H](N2CCCOCC2)[C@H](O)C[C@@H]1OCc1ccc(-c2ccccc2)cc1. The van der Waals surface area contributed by atoms with Crippen LogP contribution in [0.3, 0.4) is 0 Å². The zero-order valence-electron chi connectivity index (χ0n) is 21.0. The Kier molecular flexibility index (Phi) is 10.1. The van der Waals surface area contributed by atoms with Gasteiger partial charge in [-0.15, -0.1) is 0 Å². The van der Waals surface area contributed by atoms with Crippen molar-refractivity contribution in [1.82, 2.24) is 4.90 Å². The topological polar surface area (TPSA) is 79.2 Å². The van der Waals surface area contributed by atoms with Crippen LogP contribution in [0.15, 0.2) is 66.7 Å². The molecule has 0 bridgehead atoms. The molecule has 1 saturated heterocycles. The van der Waals surface area contributed by atoms with E-state index in [0.717, 1.165) is 44.5 Å². The Morgan fingerprint density at radius 3 is 2.53 bits per heavy atom. The highest BCUT2D eigenvalue weighted by Crippen LogP contribution is 2.37. The average molecular weight is 494 g/mol. The molecule has 2 aromatic carbocycles. The highest BCUT2D eigenvalue weighted by atomic mass is 16.5. The van der Waals surface area contributed by atoms with E-state index >= 15 is 0 Å². The molecule has 1 aliphatic heterocycles. The second kappa shape index (κ2) is 13.7. The molecule has 0 amide bonds. The van der Waals surface area contributed by atoms with Crippen molar-refractivity contribution in [1.29, 1.82) is 0 Å². The summed E-state index contributed by atoms with van der Waals surface area (Å²) >= 11 is 0. The lowest BCUT2D eigenvalue weighted by molar-refractivity contribution is -0.136. The molecule has 194 valence electrons. The van der Waals surface area contributed by atoms with Crippen LogP contribution < -0.4 is 0 Å². The van der Waals surface area contributed by atoms with E-state index in [-0.39, 0.29) is 24.5 Å². The van der Waals surface area contributed by atoms with Gasteiger partial charge in [0.25, 0.3) is 0 Å². The molecule has 2 N–H and O–H groups in total. The lowest BCUT2D eigenvalue weighted by Gasteiger charge is -2.34. The Morgan fingerprint density at radius 2 is 1.75 bits per heavy atom. The van der Waals surface area contributed by atoms with Crippen LogP contribution in [0.5, 0.6) is 0 Å². The van der Waals surface area contributed by atoms with Gasteiger partial charge < -0.3 is 19.7 Å². The predicted molar refractivity (Wildman–Crippen MR) is 141 cm³/mol. The number of hydrogen-bond donors (Lipinski definition) is 2. The van der Waals surface area contributed by atoms with Crippen LogP contribution >= 0.6 is 0 Å². The summed E-state index contributed by atoms with van der Waals surface area (Å²) in [4.78, 5) is 13.1. The van der Waals surface area contributed by atoms with Gasteiger partial charge in [0, 0.05) is 44.5 Å². The molecule has 1 heterocycles. The molecule has 6 heteroatoms. The summed E-state index contributed by atoms with van der Waals surface area (Å²) in [6.07, 6.45) is 7.67. The third-order valence-corrected chi connectivity index (χ3v) is 7.35. The van der Waals surface area contributed by atoms with E-state index in [2.05, 4.69) is 47.4 Å². The lowest BCUT2D eigenvalue weighted by atomic mass is 9.93. The Morgan fingerprint density at radius 1 is 1.00 bits per heavy atom. The monoisotopic (exact) mass is 493 g/mol. The number of carbonyl (C=O) groups is 1. The number of rotatable bonds is 11. The van der Waals surface area contributed by atoms with Gasteiger partial charge in [-0.05, 0) is 42.4 Å². The number of aliphatic hydroxyl groups excluding tert-OH is 1. The molecule has 2 fully saturated rings. The summed E-state index contributed by atoms with van der Waals surface area (Å²) in [5.41, 5.74) is 3.51. The summed E-state index contributed by atoms with van der Waals surface area (Å²) in [6.45, 7) is 3.76. The van der Waals surface area contributed by atoms with E-state index in [1.54, 1.807) is 0 Å². The van der Waals surface area contributed by atoms with E-state index in [4.69, 9.17) is 14.6 Å². The van der Waals surface area contributed by atoms with Crippen LogP contribution in [-0.2, 0) is 20.9 Å². The van der Waals surface area contributed by atoms with Crippen molar-refractivity contribution in [2.75, 3.05) is 26.3 Å². The van der Waals surface area contributed by atoms with Crippen molar-refractivity contribution in [2.45, 2.75) is 63.4 Å². The van der Waals surface area contributed by atoms with Crippen molar-refractivity contribution in [3.63, 3.8) is 0 Å². The zero-order chi connectivity index (χ0) is 25.2. The molecule has 1 saturated carbocycles. The van der Waals surface area contributed by atoms with Crippen molar-refractivity contribution in [2.24, 2.45) is 5.92 Å². The number of carboxylic acid groups (broad SMARTS) is 1. The van der Waals surface area contributed by atoms with Gasteiger partial charge >= 0.3 is 5.97 Å². The number of ether oxygens (including phenoxy) is 2. The molecule has 2 aromatic rings. The summed E-state index contributed by atoms with van der Waals surface area (Å²) < 4.78 is 12.1. The van der Waals surface area contributed by atoms with Gasteiger partial charge in [-0.3, -0.25) is 9.69 Å². The first-order chi connectivity index (χ1) is 17.6. The van der Waals surface area contributed by atoms with Crippen molar-refractivity contribution >= 4 is 5.97 Å². The Hall–Kier alpha value is -2.51. The molecule has 0 aromatic heterocycles. The van der Waals surface area contributed by atoms with Gasteiger partial charge in [0.2, 0.25) is 0 Å². The molecule has 0 spiro atoms. The van der Waals surface area contributed by atoms with Gasteiger partial charge in [-0.1, -0.05) is 66.7 Å². The quantitative estimate of drug-likeness (QED) is 0.433. The minimum atomic E-state index is -0.771. The van der Waals surface area contributed by atoms with Gasteiger partial charge in [0.15, 0.2) is 0 Å².